The number of carbonyl (C=O) groups is 1. The molecule has 0 radical (unpaired) electrons. The summed E-state index contributed by atoms with van der Waals surface area (Å²) in [5.41, 5.74) is 6.08. The van der Waals surface area contributed by atoms with Crippen molar-refractivity contribution >= 4 is 11.7 Å². The summed E-state index contributed by atoms with van der Waals surface area (Å²) in [4.78, 5) is 17.6. The Hall–Kier alpha value is -2.28. The van der Waals surface area contributed by atoms with Crippen LogP contribution in [0.5, 0.6) is 0 Å². The van der Waals surface area contributed by atoms with Crippen molar-refractivity contribution in [1.29, 1.82) is 0 Å². The molecule has 2 aromatic heterocycles. The summed E-state index contributed by atoms with van der Waals surface area (Å²) >= 11 is 0. The third kappa shape index (κ3) is 2.69. The Morgan fingerprint density at radius 2 is 2.33 bits per heavy atom. The van der Waals surface area contributed by atoms with Gasteiger partial charge in [-0.15, -0.1) is 5.10 Å². The lowest BCUT2D eigenvalue weighted by atomic mass is 10.4. The second-order valence-electron chi connectivity index (χ2n) is 3.75. The van der Waals surface area contributed by atoms with Crippen molar-refractivity contribution in [2.75, 3.05) is 11.9 Å². The zero-order valence-electron chi connectivity index (χ0n) is 10.0. The number of amides is 1. The summed E-state index contributed by atoms with van der Waals surface area (Å²) in [7, 11) is 1.67. The van der Waals surface area contributed by atoms with Crippen molar-refractivity contribution in [2.24, 2.45) is 5.73 Å². The lowest BCUT2D eigenvalue weighted by molar-refractivity contribution is -0.119. The zero-order chi connectivity index (χ0) is 13.0. The van der Waals surface area contributed by atoms with E-state index >= 15 is 0 Å². The van der Waals surface area contributed by atoms with Gasteiger partial charge < -0.3 is 5.73 Å². The highest BCUT2D eigenvalue weighted by atomic mass is 16.2. The maximum atomic E-state index is 12.0. The Labute approximate surface area is 104 Å². The molecule has 0 aliphatic rings. The van der Waals surface area contributed by atoms with Crippen LogP contribution in [0.15, 0.2) is 30.6 Å². The first-order valence-electron chi connectivity index (χ1n) is 5.47. The van der Waals surface area contributed by atoms with E-state index in [4.69, 9.17) is 5.73 Å². The molecule has 2 rings (SSSR count). The molecule has 18 heavy (non-hydrogen) atoms. The topological polar surface area (TPSA) is 89.9 Å². The van der Waals surface area contributed by atoms with Crippen LogP contribution in [0.25, 0.3) is 0 Å². The number of carbonyl (C=O) groups excluding carboxylic acids is 1. The van der Waals surface area contributed by atoms with Crippen molar-refractivity contribution in [2.45, 2.75) is 13.1 Å². The lowest BCUT2D eigenvalue weighted by Gasteiger charge is -2.15. The van der Waals surface area contributed by atoms with Gasteiger partial charge in [-0.05, 0) is 12.1 Å². The van der Waals surface area contributed by atoms with Crippen molar-refractivity contribution in [1.82, 2.24) is 20.0 Å². The first-order valence-corrected chi connectivity index (χ1v) is 5.47. The van der Waals surface area contributed by atoms with Crippen LogP contribution >= 0.6 is 0 Å². The molecule has 94 valence electrons. The van der Waals surface area contributed by atoms with Crippen LogP contribution < -0.4 is 10.6 Å². The van der Waals surface area contributed by atoms with Gasteiger partial charge in [-0.2, -0.15) is 0 Å². The molecule has 0 saturated heterocycles. The molecule has 2 aromatic rings. The van der Waals surface area contributed by atoms with Crippen molar-refractivity contribution in [3.05, 3.63) is 36.3 Å². The predicted octanol–water partition coefficient (Wildman–Crippen LogP) is -0.205. The summed E-state index contributed by atoms with van der Waals surface area (Å²) in [6.07, 6.45) is 3.30. The normalized spacial score (nSPS) is 10.3. The average Bonchev–Trinajstić information content (AvgIpc) is 2.86. The summed E-state index contributed by atoms with van der Waals surface area (Å²) < 4.78 is 1.46. The van der Waals surface area contributed by atoms with Gasteiger partial charge in [-0.25, -0.2) is 9.67 Å². The van der Waals surface area contributed by atoms with Crippen molar-refractivity contribution in [3.63, 3.8) is 0 Å². The predicted molar refractivity (Wildman–Crippen MR) is 65.6 cm³/mol. The second-order valence-corrected chi connectivity index (χ2v) is 3.75. The number of nitrogens with zero attached hydrogens (tertiary/aromatic N) is 5. The number of nitrogens with two attached hydrogens (primary N) is 1. The summed E-state index contributed by atoms with van der Waals surface area (Å²) in [6.45, 7) is 0.421. The number of pyridine rings is 1. The quantitative estimate of drug-likeness (QED) is 0.806. The molecule has 0 aromatic carbocycles. The summed E-state index contributed by atoms with van der Waals surface area (Å²) in [6, 6.07) is 5.39. The monoisotopic (exact) mass is 246 g/mol. The molecule has 0 unspecified atom stereocenters. The summed E-state index contributed by atoms with van der Waals surface area (Å²) in [5.74, 6) is 0.476. The molecule has 0 aliphatic heterocycles. The van der Waals surface area contributed by atoms with Gasteiger partial charge in [-0.1, -0.05) is 11.3 Å². The first kappa shape index (κ1) is 12.2. The number of aromatic nitrogens is 4. The molecule has 0 saturated carbocycles. The number of hydrogen-bond acceptors (Lipinski definition) is 5. The van der Waals surface area contributed by atoms with E-state index in [0.717, 1.165) is 0 Å². The zero-order valence-corrected chi connectivity index (χ0v) is 10.0. The maximum Gasteiger partial charge on any atom is 0.249 e. The Bertz CT molecular complexity index is 523. The Morgan fingerprint density at radius 1 is 1.50 bits per heavy atom. The van der Waals surface area contributed by atoms with Gasteiger partial charge in [0, 0.05) is 19.8 Å². The van der Waals surface area contributed by atoms with E-state index < -0.39 is 0 Å². The van der Waals surface area contributed by atoms with E-state index in [0.29, 0.717) is 18.1 Å². The molecule has 0 bridgehead atoms. The molecular formula is C11H14N6O. The van der Waals surface area contributed by atoms with Gasteiger partial charge in [0.2, 0.25) is 5.91 Å². The SMILES string of the molecule is CN(C(=O)Cn1cc(CN)nn1)c1ccccn1. The number of likely N-dealkylation sites (N-methyl/N-ethyl adjacent to an activating group) is 1. The standard InChI is InChI=1S/C11H14N6O/c1-16(10-4-2-3-5-13-10)11(18)8-17-7-9(6-12)14-15-17/h2-5,7H,6,8,12H2,1H3. The van der Waals surface area contributed by atoms with Gasteiger partial charge in [0.1, 0.15) is 12.4 Å². The minimum atomic E-state index is -0.123. The highest BCUT2D eigenvalue weighted by Crippen LogP contribution is 2.07. The number of anilines is 1. The molecule has 7 nitrogen and oxygen atoms in total. The van der Waals surface area contributed by atoms with E-state index in [1.54, 1.807) is 31.6 Å². The molecule has 0 spiro atoms. The fraction of sp³-hybridized carbons (Fsp3) is 0.273. The average molecular weight is 246 g/mol. The van der Waals surface area contributed by atoms with Crippen LogP contribution in [0.4, 0.5) is 5.82 Å². The molecule has 0 atom stereocenters. The Balaban J connectivity index is 2.04. The first-order chi connectivity index (χ1) is 8.70. The van der Waals surface area contributed by atoms with E-state index in [2.05, 4.69) is 15.3 Å². The van der Waals surface area contributed by atoms with Gasteiger partial charge in [-0.3, -0.25) is 9.69 Å². The van der Waals surface area contributed by atoms with E-state index in [9.17, 15) is 4.79 Å². The molecule has 2 heterocycles. The summed E-state index contributed by atoms with van der Waals surface area (Å²) in [5, 5.41) is 7.64. The lowest BCUT2D eigenvalue weighted by Crippen LogP contribution is -2.30. The van der Waals surface area contributed by atoms with Gasteiger partial charge in [0.25, 0.3) is 0 Å². The van der Waals surface area contributed by atoms with Crippen LogP contribution in [0.1, 0.15) is 5.69 Å². The van der Waals surface area contributed by atoms with Crippen molar-refractivity contribution in [3.8, 4) is 0 Å². The van der Waals surface area contributed by atoms with E-state index in [1.807, 2.05) is 6.07 Å². The van der Waals surface area contributed by atoms with Crippen LogP contribution in [0.3, 0.4) is 0 Å². The molecular weight excluding hydrogens is 232 g/mol. The highest BCUT2D eigenvalue weighted by molar-refractivity contribution is 5.91. The minimum absolute atomic E-state index is 0.111. The third-order valence-corrected chi connectivity index (χ3v) is 2.46. The van der Waals surface area contributed by atoms with Crippen LogP contribution in [0, 0.1) is 0 Å². The smallest absolute Gasteiger partial charge is 0.249 e. The van der Waals surface area contributed by atoms with Crippen LogP contribution in [-0.2, 0) is 17.9 Å². The van der Waals surface area contributed by atoms with Crippen LogP contribution in [-0.4, -0.2) is 32.9 Å². The second kappa shape index (κ2) is 5.37. The Kier molecular flexibility index (Phi) is 3.63. The molecule has 0 aliphatic carbocycles. The van der Waals surface area contributed by atoms with Gasteiger partial charge >= 0.3 is 0 Å². The largest absolute Gasteiger partial charge is 0.325 e. The fourth-order valence-electron chi connectivity index (χ4n) is 1.43. The van der Waals surface area contributed by atoms with Gasteiger partial charge in [0.15, 0.2) is 0 Å². The van der Waals surface area contributed by atoms with Gasteiger partial charge in [0.05, 0.1) is 11.9 Å². The number of rotatable bonds is 4. The fourth-order valence-corrected chi connectivity index (χ4v) is 1.43. The number of hydrogen-bond donors (Lipinski definition) is 1. The molecule has 7 heteroatoms. The van der Waals surface area contributed by atoms with Crippen molar-refractivity contribution < 1.29 is 4.79 Å². The van der Waals surface area contributed by atoms with Crippen LogP contribution in [0.2, 0.25) is 0 Å². The van der Waals surface area contributed by atoms with E-state index in [1.165, 1.54) is 9.58 Å². The molecule has 0 fully saturated rings. The molecule has 1 amide bonds. The Morgan fingerprint density at radius 3 is 2.94 bits per heavy atom. The third-order valence-electron chi connectivity index (χ3n) is 2.46. The highest BCUT2D eigenvalue weighted by Gasteiger charge is 2.13. The van der Waals surface area contributed by atoms with E-state index in [-0.39, 0.29) is 12.5 Å². The molecule has 2 N–H and O–H groups in total. The maximum absolute atomic E-state index is 12.0. The minimum Gasteiger partial charge on any atom is -0.325 e.